The Balaban J connectivity index is 1.73. The Morgan fingerprint density at radius 1 is 0.840 bits per heavy atom. The second-order valence-electron chi connectivity index (χ2n) is 5.67. The monoisotopic (exact) mass is 360 g/mol. The molecule has 4 heteroatoms. The van der Waals surface area contributed by atoms with Crippen molar-refractivity contribution in [3.8, 4) is 11.4 Å². The number of aromatic nitrogens is 2. The van der Waals surface area contributed by atoms with Gasteiger partial charge in [-0.3, -0.25) is 4.57 Å². The van der Waals surface area contributed by atoms with Crippen LogP contribution in [0, 0.1) is 0 Å². The first-order valence-corrected chi connectivity index (χ1v) is 9.46. The van der Waals surface area contributed by atoms with Crippen molar-refractivity contribution in [2.24, 2.45) is 0 Å². The van der Waals surface area contributed by atoms with Crippen molar-refractivity contribution >= 4 is 39.3 Å². The van der Waals surface area contributed by atoms with Gasteiger partial charge in [-0.05, 0) is 17.7 Å². The largest absolute Gasteiger partial charge is 0.277 e. The van der Waals surface area contributed by atoms with E-state index in [2.05, 4.69) is 47.0 Å². The van der Waals surface area contributed by atoms with Crippen LogP contribution >= 0.6 is 24.0 Å². The van der Waals surface area contributed by atoms with Crippen LogP contribution in [0.1, 0.15) is 5.56 Å². The molecule has 0 spiro atoms. The van der Waals surface area contributed by atoms with Gasteiger partial charge in [0.2, 0.25) is 0 Å². The van der Waals surface area contributed by atoms with Crippen LogP contribution in [0.3, 0.4) is 0 Å². The molecule has 25 heavy (non-hydrogen) atoms. The van der Waals surface area contributed by atoms with Gasteiger partial charge < -0.3 is 0 Å². The van der Waals surface area contributed by atoms with Gasteiger partial charge in [0.25, 0.3) is 0 Å². The van der Waals surface area contributed by atoms with E-state index in [1.807, 2.05) is 42.5 Å². The van der Waals surface area contributed by atoms with Gasteiger partial charge in [-0.2, -0.15) is 0 Å². The van der Waals surface area contributed by atoms with Crippen molar-refractivity contribution in [2.45, 2.75) is 5.75 Å². The average molecular weight is 361 g/mol. The molecule has 0 atom stereocenters. The summed E-state index contributed by atoms with van der Waals surface area (Å²) in [5, 5.41) is 0. The fourth-order valence-corrected chi connectivity index (χ4v) is 3.93. The number of thioether (sulfide) groups is 1. The Morgan fingerprint density at radius 3 is 2.24 bits per heavy atom. The summed E-state index contributed by atoms with van der Waals surface area (Å²) in [7, 11) is 0. The molecule has 0 unspecified atom stereocenters. The minimum Gasteiger partial charge on any atom is -0.277 e. The molecular weight excluding hydrogens is 344 g/mol. The van der Waals surface area contributed by atoms with E-state index >= 15 is 0 Å². The van der Waals surface area contributed by atoms with E-state index in [-0.39, 0.29) is 0 Å². The molecule has 122 valence electrons. The molecule has 2 nitrogen and oxygen atoms in total. The number of hydrogen-bond donors (Lipinski definition) is 0. The highest BCUT2D eigenvalue weighted by Crippen LogP contribution is 2.28. The Labute approximate surface area is 156 Å². The maximum Gasteiger partial charge on any atom is 0.147 e. The zero-order valence-corrected chi connectivity index (χ0v) is 15.1. The van der Waals surface area contributed by atoms with Gasteiger partial charge in [0, 0.05) is 11.3 Å². The lowest BCUT2D eigenvalue weighted by atomic mass is 10.2. The van der Waals surface area contributed by atoms with Crippen LogP contribution < -0.4 is 0 Å². The third-order valence-corrected chi connectivity index (χ3v) is 5.42. The highest BCUT2D eigenvalue weighted by molar-refractivity contribution is 8.22. The number of benzene rings is 3. The first kappa shape index (κ1) is 16.1. The van der Waals surface area contributed by atoms with E-state index in [4.69, 9.17) is 17.2 Å². The number of rotatable bonds is 3. The van der Waals surface area contributed by atoms with Gasteiger partial charge in [-0.15, -0.1) is 0 Å². The minimum atomic E-state index is 0.816. The summed E-state index contributed by atoms with van der Waals surface area (Å²) in [6.45, 7) is 0. The standard InChI is InChI=1S/C21H16N2S2/c24-21(25-15-16-9-3-1-4-10-16)23-19-14-8-7-13-18(19)22-20(23)17-11-5-2-6-12-17/h1-14H,15H2. The molecule has 0 aliphatic rings. The van der Waals surface area contributed by atoms with E-state index in [1.54, 1.807) is 11.8 Å². The highest BCUT2D eigenvalue weighted by Gasteiger charge is 2.15. The number of imidazole rings is 1. The van der Waals surface area contributed by atoms with E-state index in [1.165, 1.54) is 5.56 Å². The molecular formula is C21H16N2S2. The molecule has 0 aliphatic heterocycles. The van der Waals surface area contributed by atoms with Gasteiger partial charge in [0.05, 0.1) is 11.0 Å². The van der Waals surface area contributed by atoms with Gasteiger partial charge in [-0.25, -0.2) is 4.98 Å². The lowest BCUT2D eigenvalue weighted by molar-refractivity contribution is 1.22. The van der Waals surface area contributed by atoms with Gasteiger partial charge in [0.15, 0.2) is 0 Å². The van der Waals surface area contributed by atoms with Crippen LogP contribution in [0.15, 0.2) is 84.9 Å². The Morgan fingerprint density at radius 2 is 1.48 bits per heavy atom. The molecule has 0 bridgehead atoms. The van der Waals surface area contributed by atoms with Crippen molar-refractivity contribution in [2.75, 3.05) is 0 Å². The molecule has 4 aromatic rings. The lowest BCUT2D eigenvalue weighted by Gasteiger charge is -2.10. The van der Waals surface area contributed by atoms with Crippen molar-refractivity contribution < 1.29 is 0 Å². The molecule has 4 rings (SSSR count). The maximum atomic E-state index is 5.77. The molecule has 0 radical (unpaired) electrons. The second-order valence-corrected chi connectivity index (χ2v) is 7.27. The van der Waals surface area contributed by atoms with Crippen molar-refractivity contribution in [3.63, 3.8) is 0 Å². The lowest BCUT2D eigenvalue weighted by Crippen LogP contribution is -2.07. The molecule has 1 aromatic heterocycles. The Kier molecular flexibility index (Phi) is 4.63. The summed E-state index contributed by atoms with van der Waals surface area (Å²) in [6.07, 6.45) is 0. The SMILES string of the molecule is S=C(SCc1ccccc1)n1c(-c2ccccc2)nc2ccccc21. The molecule has 3 aromatic carbocycles. The molecule has 1 heterocycles. The quantitative estimate of drug-likeness (QED) is 0.432. The molecule has 0 fully saturated rings. The van der Waals surface area contributed by atoms with Gasteiger partial charge in [-0.1, -0.05) is 96.8 Å². The summed E-state index contributed by atoms with van der Waals surface area (Å²) in [5.41, 5.74) is 4.35. The summed E-state index contributed by atoms with van der Waals surface area (Å²) < 4.78 is 2.91. The zero-order chi connectivity index (χ0) is 17.1. The fraction of sp³-hybridized carbons (Fsp3) is 0.0476. The van der Waals surface area contributed by atoms with Crippen molar-refractivity contribution in [3.05, 3.63) is 90.5 Å². The van der Waals surface area contributed by atoms with Crippen LogP contribution in [-0.4, -0.2) is 13.9 Å². The number of nitrogens with zero attached hydrogens (tertiary/aromatic N) is 2. The Bertz CT molecular complexity index is 1010. The second kappa shape index (κ2) is 7.21. The molecule has 0 saturated carbocycles. The summed E-state index contributed by atoms with van der Waals surface area (Å²) in [5.74, 6) is 1.74. The normalized spacial score (nSPS) is 10.9. The Hall–Kier alpha value is -2.43. The minimum absolute atomic E-state index is 0.816. The van der Waals surface area contributed by atoms with Crippen LogP contribution in [-0.2, 0) is 5.75 Å². The van der Waals surface area contributed by atoms with E-state index < -0.39 is 0 Å². The molecule has 0 N–H and O–H groups in total. The summed E-state index contributed by atoms with van der Waals surface area (Å²) in [4.78, 5) is 4.82. The third-order valence-electron chi connectivity index (χ3n) is 3.98. The highest BCUT2D eigenvalue weighted by atomic mass is 32.2. The number of fused-ring (bicyclic) bond motifs is 1. The van der Waals surface area contributed by atoms with Gasteiger partial charge >= 0.3 is 0 Å². The number of para-hydroxylation sites is 2. The topological polar surface area (TPSA) is 17.8 Å². The summed E-state index contributed by atoms with van der Waals surface area (Å²) >= 11 is 7.44. The summed E-state index contributed by atoms with van der Waals surface area (Å²) in [6, 6.07) is 28.7. The van der Waals surface area contributed by atoms with Crippen LogP contribution in [0.2, 0.25) is 0 Å². The zero-order valence-electron chi connectivity index (χ0n) is 13.5. The average Bonchev–Trinajstić information content (AvgIpc) is 3.07. The predicted molar refractivity (Wildman–Crippen MR) is 111 cm³/mol. The molecule has 0 amide bonds. The van der Waals surface area contributed by atoms with Crippen LogP contribution in [0.4, 0.5) is 0 Å². The van der Waals surface area contributed by atoms with Gasteiger partial charge in [0.1, 0.15) is 10.1 Å². The van der Waals surface area contributed by atoms with E-state index in [0.717, 1.165) is 32.5 Å². The third kappa shape index (κ3) is 3.36. The predicted octanol–water partition coefficient (Wildman–Crippen LogP) is 5.77. The molecule has 0 aliphatic carbocycles. The number of thiocarbonyl (C=S) groups is 1. The van der Waals surface area contributed by atoms with E-state index in [9.17, 15) is 0 Å². The molecule has 0 saturated heterocycles. The van der Waals surface area contributed by atoms with Crippen LogP contribution in [0.25, 0.3) is 22.4 Å². The van der Waals surface area contributed by atoms with Crippen molar-refractivity contribution in [1.29, 1.82) is 0 Å². The maximum absolute atomic E-state index is 5.77. The van der Waals surface area contributed by atoms with E-state index in [0.29, 0.717) is 0 Å². The smallest absolute Gasteiger partial charge is 0.147 e. The first-order chi connectivity index (χ1) is 12.3. The van der Waals surface area contributed by atoms with Crippen molar-refractivity contribution in [1.82, 2.24) is 9.55 Å². The first-order valence-electron chi connectivity index (χ1n) is 8.07. The fourth-order valence-electron chi connectivity index (χ4n) is 2.78. The van der Waals surface area contributed by atoms with Crippen LogP contribution in [0.5, 0.6) is 0 Å². The number of hydrogen-bond acceptors (Lipinski definition) is 3.